The van der Waals surface area contributed by atoms with Crippen molar-refractivity contribution in [2.45, 2.75) is 40.0 Å². The predicted octanol–water partition coefficient (Wildman–Crippen LogP) is 3.73. The first-order valence-electron chi connectivity index (χ1n) is 10.0. The van der Waals surface area contributed by atoms with Crippen molar-refractivity contribution in [3.8, 4) is 0 Å². The highest BCUT2D eigenvalue weighted by molar-refractivity contribution is 5.92. The molecular weight excluding hydrogens is 336 g/mol. The van der Waals surface area contributed by atoms with E-state index >= 15 is 0 Å². The van der Waals surface area contributed by atoms with E-state index in [0.717, 1.165) is 51.1 Å². The molecule has 1 saturated heterocycles. The highest BCUT2D eigenvalue weighted by Gasteiger charge is 2.25. The lowest BCUT2D eigenvalue weighted by Gasteiger charge is -2.32. The third-order valence-corrected chi connectivity index (χ3v) is 5.38. The Bertz CT molecular complexity index is 750. The van der Waals surface area contributed by atoms with Crippen molar-refractivity contribution in [1.82, 2.24) is 14.9 Å². The molecule has 5 heteroatoms. The summed E-state index contributed by atoms with van der Waals surface area (Å²) in [4.78, 5) is 26.1. The number of carbonyl (C=O) groups is 1. The molecular formula is C22H30N4O. The van der Waals surface area contributed by atoms with Gasteiger partial charge in [-0.2, -0.15) is 0 Å². The van der Waals surface area contributed by atoms with Crippen molar-refractivity contribution in [1.29, 1.82) is 0 Å². The molecule has 0 atom stereocenters. The van der Waals surface area contributed by atoms with Crippen LogP contribution in [-0.4, -0.2) is 47.0 Å². The molecule has 1 fully saturated rings. The van der Waals surface area contributed by atoms with E-state index in [0.29, 0.717) is 17.6 Å². The second-order valence-electron chi connectivity index (χ2n) is 7.29. The van der Waals surface area contributed by atoms with E-state index < -0.39 is 0 Å². The molecule has 2 heterocycles. The molecule has 0 radical (unpaired) electrons. The zero-order chi connectivity index (χ0) is 19.2. The van der Waals surface area contributed by atoms with Crippen LogP contribution in [-0.2, 0) is 6.42 Å². The van der Waals surface area contributed by atoms with Crippen LogP contribution in [0.3, 0.4) is 0 Å². The molecule has 0 bridgehead atoms. The first-order chi connectivity index (χ1) is 13.1. The summed E-state index contributed by atoms with van der Waals surface area (Å²) in [5.41, 5.74) is 2.75. The van der Waals surface area contributed by atoms with Crippen LogP contribution in [0.1, 0.15) is 48.4 Å². The van der Waals surface area contributed by atoms with Gasteiger partial charge >= 0.3 is 0 Å². The van der Waals surface area contributed by atoms with E-state index in [2.05, 4.69) is 59.0 Å². The summed E-state index contributed by atoms with van der Waals surface area (Å²) in [6.45, 7) is 9.36. The maximum absolute atomic E-state index is 13.0. The number of likely N-dealkylation sites (tertiary alicyclic amines) is 1. The highest BCUT2D eigenvalue weighted by atomic mass is 16.2. The Kier molecular flexibility index (Phi) is 6.43. The molecule has 0 spiro atoms. The van der Waals surface area contributed by atoms with Crippen molar-refractivity contribution in [2.24, 2.45) is 5.92 Å². The van der Waals surface area contributed by atoms with Gasteiger partial charge < -0.3 is 9.80 Å². The normalized spacial score (nSPS) is 15.0. The number of rotatable bonds is 6. The van der Waals surface area contributed by atoms with E-state index in [-0.39, 0.29) is 5.91 Å². The van der Waals surface area contributed by atoms with Crippen LogP contribution in [0.5, 0.6) is 0 Å². The summed E-state index contributed by atoms with van der Waals surface area (Å²) in [5.74, 6) is 1.34. The Morgan fingerprint density at radius 1 is 1.11 bits per heavy atom. The fraction of sp³-hybridized carbons (Fsp3) is 0.500. The Morgan fingerprint density at radius 3 is 2.41 bits per heavy atom. The Morgan fingerprint density at radius 2 is 1.78 bits per heavy atom. The zero-order valence-corrected chi connectivity index (χ0v) is 16.7. The van der Waals surface area contributed by atoms with Crippen molar-refractivity contribution >= 4 is 11.9 Å². The summed E-state index contributed by atoms with van der Waals surface area (Å²) in [6.07, 6.45) is 3.20. The number of nitrogens with zero attached hydrogens (tertiary/aromatic N) is 4. The van der Waals surface area contributed by atoms with Gasteiger partial charge in [-0.25, -0.2) is 9.97 Å². The minimum atomic E-state index is 0.0343. The fourth-order valence-corrected chi connectivity index (χ4v) is 3.76. The molecule has 1 aliphatic rings. The van der Waals surface area contributed by atoms with Crippen LogP contribution in [0.15, 0.2) is 36.4 Å². The molecule has 1 amide bonds. The Hall–Kier alpha value is -2.43. The Labute approximate surface area is 162 Å². The zero-order valence-electron chi connectivity index (χ0n) is 16.7. The molecule has 1 aromatic heterocycles. The van der Waals surface area contributed by atoms with E-state index in [1.165, 1.54) is 5.56 Å². The first kappa shape index (κ1) is 19.3. The average molecular weight is 367 g/mol. The molecule has 2 aromatic rings. The van der Waals surface area contributed by atoms with Crippen molar-refractivity contribution < 1.29 is 4.79 Å². The van der Waals surface area contributed by atoms with Gasteiger partial charge in [0.1, 0.15) is 5.69 Å². The van der Waals surface area contributed by atoms with Crippen molar-refractivity contribution in [3.63, 3.8) is 0 Å². The topological polar surface area (TPSA) is 49.3 Å². The summed E-state index contributed by atoms with van der Waals surface area (Å²) in [6, 6.07) is 12.4. The number of benzene rings is 1. The fourth-order valence-electron chi connectivity index (χ4n) is 3.76. The number of amides is 1. The van der Waals surface area contributed by atoms with E-state index in [1.54, 1.807) is 0 Å². The van der Waals surface area contributed by atoms with Gasteiger partial charge in [0, 0.05) is 31.9 Å². The largest absolute Gasteiger partial charge is 0.341 e. The average Bonchev–Trinajstić information content (AvgIpc) is 2.69. The van der Waals surface area contributed by atoms with E-state index in [9.17, 15) is 4.79 Å². The molecule has 0 aliphatic carbocycles. The summed E-state index contributed by atoms with van der Waals surface area (Å²) in [5, 5.41) is 0. The maximum Gasteiger partial charge on any atom is 0.272 e. The third-order valence-electron chi connectivity index (χ3n) is 5.38. The third kappa shape index (κ3) is 4.85. The van der Waals surface area contributed by atoms with Crippen LogP contribution >= 0.6 is 0 Å². The first-order valence-corrected chi connectivity index (χ1v) is 10.0. The Balaban J connectivity index is 1.64. The van der Waals surface area contributed by atoms with Gasteiger partial charge in [-0.05, 0) is 57.6 Å². The molecule has 3 rings (SSSR count). The van der Waals surface area contributed by atoms with Crippen LogP contribution < -0.4 is 4.90 Å². The molecule has 5 nitrogen and oxygen atoms in total. The van der Waals surface area contributed by atoms with Crippen molar-refractivity contribution in [2.75, 3.05) is 31.1 Å². The van der Waals surface area contributed by atoms with Crippen LogP contribution in [0, 0.1) is 12.8 Å². The number of hydrogen-bond acceptors (Lipinski definition) is 4. The van der Waals surface area contributed by atoms with Crippen LogP contribution in [0.2, 0.25) is 0 Å². The summed E-state index contributed by atoms with van der Waals surface area (Å²) < 4.78 is 0. The molecule has 0 saturated carbocycles. The van der Waals surface area contributed by atoms with E-state index in [4.69, 9.17) is 0 Å². The SMILES string of the molecule is CCN(CC)c1nc(C)cc(C(=O)N2CCC(Cc3ccccc3)CC2)n1. The van der Waals surface area contributed by atoms with E-state index in [1.807, 2.05) is 17.9 Å². The smallest absolute Gasteiger partial charge is 0.272 e. The number of aryl methyl sites for hydroxylation is 1. The number of aromatic nitrogens is 2. The molecule has 1 aromatic carbocycles. The maximum atomic E-state index is 13.0. The van der Waals surface area contributed by atoms with Gasteiger partial charge in [0.05, 0.1) is 0 Å². The quantitative estimate of drug-likeness (QED) is 0.782. The number of hydrogen-bond donors (Lipinski definition) is 0. The summed E-state index contributed by atoms with van der Waals surface area (Å²) in [7, 11) is 0. The predicted molar refractivity (Wildman–Crippen MR) is 109 cm³/mol. The number of anilines is 1. The van der Waals surface area contributed by atoms with Crippen molar-refractivity contribution in [3.05, 3.63) is 53.3 Å². The van der Waals surface area contributed by atoms with Gasteiger partial charge in [-0.3, -0.25) is 4.79 Å². The lowest BCUT2D eigenvalue weighted by molar-refractivity contribution is 0.0684. The molecule has 27 heavy (non-hydrogen) atoms. The van der Waals surface area contributed by atoms with Gasteiger partial charge in [0.15, 0.2) is 0 Å². The second kappa shape index (κ2) is 8.98. The standard InChI is InChI=1S/C22H30N4O/c1-4-25(5-2)22-23-17(3)15-20(24-22)21(27)26-13-11-19(12-14-26)16-18-9-7-6-8-10-18/h6-10,15,19H,4-5,11-14,16H2,1-3H3. The van der Waals surface area contributed by atoms with Gasteiger partial charge in [0.2, 0.25) is 5.95 Å². The molecule has 0 N–H and O–H groups in total. The summed E-state index contributed by atoms with van der Waals surface area (Å²) >= 11 is 0. The second-order valence-corrected chi connectivity index (χ2v) is 7.29. The van der Waals surface area contributed by atoms with Crippen LogP contribution in [0.25, 0.3) is 0 Å². The molecule has 144 valence electrons. The molecule has 1 aliphatic heterocycles. The minimum Gasteiger partial charge on any atom is -0.341 e. The van der Waals surface area contributed by atoms with Gasteiger partial charge in [-0.1, -0.05) is 30.3 Å². The van der Waals surface area contributed by atoms with Gasteiger partial charge in [-0.15, -0.1) is 0 Å². The lowest BCUT2D eigenvalue weighted by atomic mass is 9.90. The van der Waals surface area contributed by atoms with Gasteiger partial charge in [0.25, 0.3) is 5.91 Å². The highest BCUT2D eigenvalue weighted by Crippen LogP contribution is 2.23. The number of carbonyl (C=O) groups excluding carboxylic acids is 1. The number of piperidine rings is 1. The minimum absolute atomic E-state index is 0.0343. The monoisotopic (exact) mass is 366 g/mol. The lowest BCUT2D eigenvalue weighted by Crippen LogP contribution is -2.39. The molecule has 0 unspecified atom stereocenters. The van der Waals surface area contributed by atoms with Crippen LogP contribution in [0.4, 0.5) is 5.95 Å².